The molecule has 4 heteroatoms. The summed E-state index contributed by atoms with van der Waals surface area (Å²) in [5.74, 6) is 1.63. The van der Waals surface area contributed by atoms with E-state index in [4.69, 9.17) is 14.2 Å². The lowest BCUT2D eigenvalue weighted by atomic mass is 10.1. The summed E-state index contributed by atoms with van der Waals surface area (Å²) in [6, 6.07) is 7.92. The second-order valence-electron chi connectivity index (χ2n) is 4.43. The van der Waals surface area contributed by atoms with Crippen molar-refractivity contribution in [3.8, 4) is 11.5 Å². The lowest BCUT2D eigenvalue weighted by Gasteiger charge is -2.32. The van der Waals surface area contributed by atoms with Gasteiger partial charge in [0.1, 0.15) is 6.61 Å². The predicted molar refractivity (Wildman–Crippen MR) is 70.3 cm³/mol. The van der Waals surface area contributed by atoms with Crippen LogP contribution in [0.25, 0.3) is 0 Å². The molecule has 0 radical (unpaired) electrons. The maximum Gasteiger partial charge on any atom is 0.161 e. The monoisotopic (exact) mass is 251 g/mol. The minimum atomic E-state index is -0.00796. The van der Waals surface area contributed by atoms with Crippen molar-refractivity contribution in [2.75, 3.05) is 26.9 Å². The Kier molecular flexibility index (Phi) is 4.84. The molecule has 0 saturated carbocycles. The average molecular weight is 251 g/mol. The summed E-state index contributed by atoms with van der Waals surface area (Å²) in [7, 11) is 1.71. The van der Waals surface area contributed by atoms with Gasteiger partial charge in [0, 0.05) is 7.11 Å². The largest absolute Gasteiger partial charge is 0.486 e. The molecule has 0 spiro atoms. The minimum absolute atomic E-state index is 0.00796. The molecule has 18 heavy (non-hydrogen) atoms. The lowest BCUT2D eigenvalue weighted by Crippen LogP contribution is -2.50. The smallest absolute Gasteiger partial charge is 0.161 e. The highest BCUT2D eigenvalue weighted by Crippen LogP contribution is 2.31. The van der Waals surface area contributed by atoms with Gasteiger partial charge in [0.25, 0.3) is 0 Å². The molecule has 0 amide bonds. The van der Waals surface area contributed by atoms with E-state index in [1.165, 1.54) is 0 Å². The Morgan fingerprint density at radius 1 is 1.39 bits per heavy atom. The Labute approximate surface area is 108 Å². The van der Waals surface area contributed by atoms with E-state index in [-0.39, 0.29) is 12.1 Å². The highest BCUT2D eigenvalue weighted by molar-refractivity contribution is 5.40. The third-order valence-electron chi connectivity index (χ3n) is 2.98. The SMILES string of the molecule is CCCNC(COC)C1COc2ccccc2O1. The first-order chi connectivity index (χ1) is 8.85. The summed E-state index contributed by atoms with van der Waals surface area (Å²) in [5, 5.41) is 3.44. The van der Waals surface area contributed by atoms with E-state index in [2.05, 4.69) is 12.2 Å². The number of ether oxygens (including phenoxy) is 3. The van der Waals surface area contributed by atoms with Crippen molar-refractivity contribution < 1.29 is 14.2 Å². The third-order valence-corrected chi connectivity index (χ3v) is 2.98. The molecule has 0 saturated heterocycles. The quantitative estimate of drug-likeness (QED) is 0.837. The van der Waals surface area contributed by atoms with Gasteiger partial charge in [-0.25, -0.2) is 0 Å². The number of nitrogens with one attached hydrogen (secondary N) is 1. The maximum atomic E-state index is 5.98. The van der Waals surface area contributed by atoms with Crippen molar-refractivity contribution in [2.24, 2.45) is 0 Å². The number of para-hydroxylation sites is 2. The number of benzene rings is 1. The first kappa shape index (κ1) is 13.2. The first-order valence-corrected chi connectivity index (χ1v) is 6.46. The second kappa shape index (κ2) is 6.61. The molecule has 1 heterocycles. The molecule has 1 aromatic rings. The van der Waals surface area contributed by atoms with Crippen LogP contribution in [0.4, 0.5) is 0 Å². The van der Waals surface area contributed by atoms with Gasteiger partial charge < -0.3 is 19.5 Å². The summed E-state index contributed by atoms with van der Waals surface area (Å²) in [4.78, 5) is 0. The van der Waals surface area contributed by atoms with Crippen LogP contribution in [-0.2, 0) is 4.74 Å². The fourth-order valence-electron chi connectivity index (χ4n) is 2.04. The third kappa shape index (κ3) is 3.15. The minimum Gasteiger partial charge on any atom is -0.486 e. The van der Waals surface area contributed by atoms with Crippen molar-refractivity contribution in [1.82, 2.24) is 5.32 Å². The zero-order chi connectivity index (χ0) is 12.8. The molecule has 1 aliphatic rings. The molecule has 2 unspecified atom stereocenters. The van der Waals surface area contributed by atoms with Crippen LogP contribution in [-0.4, -0.2) is 39.0 Å². The Balaban J connectivity index is 2.00. The van der Waals surface area contributed by atoms with Crippen molar-refractivity contribution in [3.63, 3.8) is 0 Å². The Morgan fingerprint density at radius 2 is 2.17 bits per heavy atom. The van der Waals surface area contributed by atoms with E-state index in [1.54, 1.807) is 7.11 Å². The normalized spacial score (nSPS) is 19.6. The first-order valence-electron chi connectivity index (χ1n) is 6.46. The molecule has 2 atom stereocenters. The zero-order valence-electron chi connectivity index (χ0n) is 11.0. The Morgan fingerprint density at radius 3 is 2.89 bits per heavy atom. The number of hydrogen-bond donors (Lipinski definition) is 1. The summed E-state index contributed by atoms with van der Waals surface area (Å²) in [6.45, 7) is 4.28. The molecule has 1 N–H and O–H groups in total. The molecule has 0 aromatic heterocycles. The molecular weight excluding hydrogens is 230 g/mol. The molecule has 1 aliphatic heterocycles. The van der Waals surface area contributed by atoms with Crippen LogP contribution in [0.2, 0.25) is 0 Å². The van der Waals surface area contributed by atoms with E-state index < -0.39 is 0 Å². The fraction of sp³-hybridized carbons (Fsp3) is 0.571. The zero-order valence-corrected chi connectivity index (χ0v) is 11.0. The summed E-state index contributed by atoms with van der Waals surface area (Å²) >= 11 is 0. The molecular formula is C14H21NO3. The van der Waals surface area contributed by atoms with E-state index in [9.17, 15) is 0 Å². The number of fused-ring (bicyclic) bond motifs is 1. The van der Waals surface area contributed by atoms with Gasteiger partial charge in [-0.15, -0.1) is 0 Å². The van der Waals surface area contributed by atoms with Gasteiger partial charge in [-0.05, 0) is 25.1 Å². The van der Waals surface area contributed by atoms with Crippen LogP contribution in [0.1, 0.15) is 13.3 Å². The van der Waals surface area contributed by atoms with Crippen molar-refractivity contribution in [2.45, 2.75) is 25.5 Å². The highest BCUT2D eigenvalue weighted by atomic mass is 16.6. The van der Waals surface area contributed by atoms with E-state index in [1.807, 2.05) is 24.3 Å². The molecule has 4 nitrogen and oxygen atoms in total. The van der Waals surface area contributed by atoms with Gasteiger partial charge in [0.2, 0.25) is 0 Å². The molecule has 0 bridgehead atoms. The number of methoxy groups -OCH3 is 1. The van der Waals surface area contributed by atoms with Gasteiger partial charge in [-0.1, -0.05) is 19.1 Å². The molecule has 0 fully saturated rings. The van der Waals surface area contributed by atoms with Crippen LogP contribution < -0.4 is 14.8 Å². The van der Waals surface area contributed by atoms with Gasteiger partial charge in [-0.3, -0.25) is 0 Å². The lowest BCUT2D eigenvalue weighted by molar-refractivity contribution is 0.0325. The second-order valence-corrected chi connectivity index (χ2v) is 4.43. The fourth-order valence-corrected chi connectivity index (χ4v) is 2.04. The Hall–Kier alpha value is -1.26. The standard InChI is InChI=1S/C14H21NO3/c1-3-8-15-11(9-16-2)14-10-17-12-6-4-5-7-13(12)18-14/h4-7,11,14-15H,3,8-10H2,1-2H3. The summed E-state index contributed by atoms with van der Waals surface area (Å²) < 4.78 is 16.9. The van der Waals surface area contributed by atoms with E-state index in [0.29, 0.717) is 13.2 Å². The number of hydrogen-bond acceptors (Lipinski definition) is 4. The maximum absolute atomic E-state index is 5.98. The van der Waals surface area contributed by atoms with Crippen molar-refractivity contribution in [3.05, 3.63) is 24.3 Å². The summed E-state index contributed by atoms with van der Waals surface area (Å²) in [5.41, 5.74) is 0. The van der Waals surface area contributed by atoms with E-state index >= 15 is 0 Å². The molecule has 100 valence electrons. The Bertz CT molecular complexity index is 370. The molecule has 1 aromatic carbocycles. The van der Waals surface area contributed by atoms with Crippen LogP contribution >= 0.6 is 0 Å². The summed E-state index contributed by atoms with van der Waals surface area (Å²) in [6.07, 6.45) is 1.08. The average Bonchev–Trinajstić information content (AvgIpc) is 2.43. The van der Waals surface area contributed by atoms with Crippen LogP contribution in [0.5, 0.6) is 11.5 Å². The number of rotatable bonds is 6. The van der Waals surface area contributed by atoms with E-state index in [0.717, 1.165) is 24.5 Å². The molecule has 2 rings (SSSR count). The van der Waals surface area contributed by atoms with Crippen molar-refractivity contribution in [1.29, 1.82) is 0 Å². The van der Waals surface area contributed by atoms with Gasteiger partial charge in [0.15, 0.2) is 17.6 Å². The van der Waals surface area contributed by atoms with Crippen molar-refractivity contribution >= 4 is 0 Å². The predicted octanol–water partition coefficient (Wildman–Crippen LogP) is 1.84. The molecule has 0 aliphatic carbocycles. The van der Waals surface area contributed by atoms with Crippen LogP contribution in [0, 0.1) is 0 Å². The van der Waals surface area contributed by atoms with Gasteiger partial charge in [0.05, 0.1) is 12.6 Å². The van der Waals surface area contributed by atoms with Gasteiger partial charge >= 0.3 is 0 Å². The topological polar surface area (TPSA) is 39.7 Å². The van der Waals surface area contributed by atoms with Crippen LogP contribution in [0.3, 0.4) is 0 Å². The van der Waals surface area contributed by atoms with Gasteiger partial charge in [-0.2, -0.15) is 0 Å². The highest BCUT2D eigenvalue weighted by Gasteiger charge is 2.28. The van der Waals surface area contributed by atoms with Crippen LogP contribution in [0.15, 0.2) is 24.3 Å².